The predicted octanol–water partition coefficient (Wildman–Crippen LogP) is 2.46. The molecule has 2 N–H and O–H groups in total. The van der Waals surface area contributed by atoms with Crippen molar-refractivity contribution in [3.05, 3.63) is 11.7 Å². The summed E-state index contributed by atoms with van der Waals surface area (Å²) in [6.07, 6.45) is 5.30. The molecule has 25 heavy (non-hydrogen) atoms. The third-order valence-corrected chi connectivity index (χ3v) is 5.43. The Balaban J connectivity index is 1.79. The van der Waals surface area contributed by atoms with E-state index in [9.17, 15) is 0 Å². The molecule has 1 fully saturated rings. The molecule has 2 unspecified atom stereocenters. The highest BCUT2D eigenvalue weighted by molar-refractivity contribution is 5.80. The Morgan fingerprint density at radius 2 is 2.12 bits per heavy atom. The van der Waals surface area contributed by atoms with Crippen LogP contribution in [-0.4, -0.2) is 48.4 Å². The van der Waals surface area contributed by atoms with Gasteiger partial charge in [0.05, 0.1) is 6.10 Å². The molecule has 1 saturated carbocycles. The van der Waals surface area contributed by atoms with E-state index in [0.717, 1.165) is 51.2 Å². The van der Waals surface area contributed by atoms with Gasteiger partial charge in [-0.1, -0.05) is 19.0 Å². The maximum absolute atomic E-state index is 5.95. The van der Waals surface area contributed by atoms with Gasteiger partial charge in [-0.25, -0.2) is 0 Å². The van der Waals surface area contributed by atoms with Crippen molar-refractivity contribution in [1.82, 2.24) is 20.8 Å². The molecule has 1 aliphatic rings. The minimum absolute atomic E-state index is 0.203. The van der Waals surface area contributed by atoms with Crippen molar-refractivity contribution in [3.63, 3.8) is 0 Å². The van der Waals surface area contributed by atoms with E-state index in [2.05, 4.69) is 46.5 Å². The van der Waals surface area contributed by atoms with E-state index in [1.54, 1.807) is 0 Å². The van der Waals surface area contributed by atoms with Gasteiger partial charge in [0.1, 0.15) is 0 Å². The predicted molar refractivity (Wildman–Crippen MR) is 98.7 cm³/mol. The summed E-state index contributed by atoms with van der Waals surface area (Å²) in [6.45, 7) is 10.0. The van der Waals surface area contributed by atoms with Gasteiger partial charge >= 0.3 is 0 Å². The Bertz CT molecular complexity index is 553. The maximum Gasteiger partial charge on any atom is 0.226 e. The zero-order valence-corrected chi connectivity index (χ0v) is 16.3. The molecule has 0 saturated heterocycles. The minimum Gasteiger partial charge on any atom is -0.378 e. The number of aliphatic imine (C=N–C) groups is 1. The molecule has 2 atom stereocenters. The molecule has 7 nitrogen and oxygen atoms in total. The van der Waals surface area contributed by atoms with Crippen LogP contribution in [-0.2, 0) is 11.2 Å². The average molecular weight is 351 g/mol. The molecule has 0 spiro atoms. The van der Waals surface area contributed by atoms with E-state index in [1.807, 2.05) is 14.0 Å². The fourth-order valence-corrected chi connectivity index (χ4v) is 3.83. The van der Waals surface area contributed by atoms with Crippen molar-refractivity contribution in [2.75, 3.05) is 20.2 Å². The van der Waals surface area contributed by atoms with Gasteiger partial charge in [0.25, 0.3) is 0 Å². The smallest absolute Gasteiger partial charge is 0.226 e. The lowest BCUT2D eigenvalue weighted by molar-refractivity contribution is -0.133. The Labute approximate surface area is 151 Å². The van der Waals surface area contributed by atoms with Crippen molar-refractivity contribution in [2.24, 2.45) is 10.4 Å². The van der Waals surface area contributed by atoms with Crippen LogP contribution < -0.4 is 10.6 Å². The first kappa shape index (κ1) is 19.7. The number of nitrogens with zero attached hydrogens (tertiary/aromatic N) is 3. The number of hydrogen-bond acceptors (Lipinski definition) is 5. The van der Waals surface area contributed by atoms with Gasteiger partial charge in [-0.05, 0) is 39.5 Å². The highest BCUT2D eigenvalue weighted by atomic mass is 16.5. The molecule has 0 bridgehead atoms. The van der Waals surface area contributed by atoms with Gasteiger partial charge in [-0.2, -0.15) is 4.98 Å². The summed E-state index contributed by atoms with van der Waals surface area (Å²) in [6, 6.07) is 0.406. The van der Waals surface area contributed by atoms with Crippen LogP contribution in [0.2, 0.25) is 0 Å². The van der Waals surface area contributed by atoms with E-state index in [-0.39, 0.29) is 5.41 Å². The third kappa shape index (κ3) is 4.51. The summed E-state index contributed by atoms with van der Waals surface area (Å²) in [5.41, 5.74) is 0.203. The third-order valence-electron chi connectivity index (χ3n) is 5.43. The average Bonchev–Trinajstić information content (AvgIpc) is 3.02. The first-order valence-corrected chi connectivity index (χ1v) is 9.47. The Kier molecular flexibility index (Phi) is 7.23. The second kappa shape index (κ2) is 9.17. The van der Waals surface area contributed by atoms with Crippen LogP contribution in [0.25, 0.3) is 0 Å². The quantitative estimate of drug-likeness (QED) is 0.404. The lowest BCUT2D eigenvalue weighted by Gasteiger charge is -2.55. The van der Waals surface area contributed by atoms with Crippen LogP contribution in [0.15, 0.2) is 9.52 Å². The van der Waals surface area contributed by atoms with Gasteiger partial charge in [0.15, 0.2) is 11.8 Å². The fourth-order valence-electron chi connectivity index (χ4n) is 3.83. The van der Waals surface area contributed by atoms with Gasteiger partial charge in [0, 0.05) is 38.1 Å². The molecule has 0 aromatic carbocycles. The fraction of sp³-hybridized carbons (Fsp3) is 0.833. The number of aryl methyl sites for hydroxylation is 2. The highest BCUT2D eigenvalue weighted by Gasteiger charge is 2.53. The van der Waals surface area contributed by atoms with Crippen LogP contribution >= 0.6 is 0 Å². The van der Waals surface area contributed by atoms with Crippen LogP contribution in [0.3, 0.4) is 0 Å². The zero-order chi connectivity index (χ0) is 18.3. The number of guanidine groups is 1. The van der Waals surface area contributed by atoms with Crippen LogP contribution in [0.1, 0.15) is 58.2 Å². The standard InChI is InChI=1S/C18H33N5O2/c1-6-18(7-2)14(12-15(18)24-8-3)22-17(19-5)20-11-9-10-16-21-13(4)23-25-16/h14-15H,6-12H2,1-5H3,(H2,19,20,22). The van der Waals surface area contributed by atoms with Crippen molar-refractivity contribution < 1.29 is 9.26 Å². The normalized spacial score (nSPS) is 22.5. The van der Waals surface area contributed by atoms with Gasteiger partial charge in [0.2, 0.25) is 5.89 Å². The SMILES string of the molecule is CCOC1CC(NC(=NC)NCCCc2nc(C)no2)C1(CC)CC. The topological polar surface area (TPSA) is 84.6 Å². The van der Waals surface area contributed by atoms with Gasteiger partial charge < -0.3 is 19.9 Å². The van der Waals surface area contributed by atoms with E-state index in [0.29, 0.717) is 23.9 Å². The Morgan fingerprint density at radius 1 is 1.36 bits per heavy atom. The van der Waals surface area contributed by atoms with Crippen molar-refractivity contribution in [2.45, 2.75) is 71.9 Å². The lowest BCUT2D eigenvalue weighted by Crippen LogP contribution is -2.65. The van der Waals surface area contributed by atoms with Crippen LogP contribution in [0.4, 0.5) is 0 Å². The number of hydrogen-bond donors (Lipinski definition) is 2. The molecule has 7 heteroatoms. The highest BCUT2D eigenvalue weighted by Crippen LogP contribution is 2.48. The lowest BCUT2D eigenvalue weighted by atomic mass is 9.58. The summed E-state index contributed by atoms with van der Waals surface area (Å²) in [4.78, 5) is 8.59. The molecule has 1 heterocycles. The zero-order valence-electron chi connectivity index (χ0n) is 16.3. The second-order valence-electron chi connectivity index (χ2n) is 6.65. The van der Waals surface area contributed by atoms with Crippen molar-refractivity contribution >= 4 is 5.96 Å². The molecular weight excluding hydrogens is 318 g/mol. The van der Waals surface area contributed by atoms with Crippen LogP contribution in [0, 0.1) is 12.3 Å². The Hall–Kier alpha value is -1.63. The molecule has 0 radical (unpaired) electrons. The Morgan fingerprint density at radius 3 is 2.68 bits per heavy atom. The van der Waals surface area contributed by atoms with E-state index in [4.69, 9.17) is 9.26 Å². The molecule has 1 aromatic heterocycles. The summed E-state index contributed by atoms with van der Waals surface area (Å²) in [5, 5.41) is 10.8. The molecule has 1 aromatic rings. The van der Waals surface area contributed by atoms with Crippen LogP contribution in [0.5, 0.6) is 0 Å². The van der Waals surface area contributed by atoms with Gasteiger partial charge in [-0.15, -0.1) is 0 Å². The number of nitrogens with one attached hydrogen (secondary N) is 2. The van der Waals surface area contributed by atoms with Gasteiger partial charge in [-0.3, -0.25) is 4.99 Å². The number of aromatic nitrogens is 2. The van der Waals surface area contributed by atoms with E-state index >= 15 is 0 Å². The summed E-state index contributed by atoms with van der Waals surface area (Å²) in [7, 11) is 1.81. The number of ether oxygens (including phenoxy) is 1. The van der Waals surface area contributed by atoms with E-state index < -0.39 is 0 Å². The van der Waals surface area contributed by atoms with Crippen molar-refractivity contribution in [1.29, 1.82) is 0 Å². The largest absolute Gasteiger partial charge is 0.378 e. The summed E-state index contributed by atoms with van der Waals surface area (Å²) < 4.78 is 11.1. The number of rotatable bonds is 9. The first-order valence-electron chi connectivity index (χ1n) is 9.47. The molecule has 2 rings (SSSR count). The molecule has 0 aliphatic heterocycles. The second-order valence-corrected chi connectivity index (χ2v) is 6.65. The van der Waals surface area contributed by atoms with Crippen molar-refractivity contribution in [3.8, 4) is 0 Å². The minimum atomic E-state index is 0.203. The molecule has 0 amide bonds. The van der Waals surface area contributed by atoms with E-state index in [1.165, 1.54) is 0 Å². The molecule has 1 aliphatic carbocycles. The first-order chi connectivity index (χ1) is 12.1. The summed E-state index contributed by atoms with van der Waals surface area (Å²) in [5.74, 6) is 2.23. The summed E-state index contributed by atoms with van der Waals surface area (Å²) >= 11 is 0. The molecular formula is C18H33N5O2. The maximum atomic E-state index is 5.95. The molecule has 142 valence electrons. The monoisotopic (exact) mass is 351 g/mol.